The molecule has 1 amide bonds. The molecule has 0 fully saturated rings. The molecule has 2 rings (SSSR count). The average Bonchev–Trinajstić information content (AvgIpc) is 2.57. The number of aromatic nitrogens is 2. The Balaban J connectivity index is 2.35. The number of aryl methyl sites for hydroxylation is 1. The third-order valence-electron chi connectivity index (χ3n) is 3.94. The molecule has 0 saturated heterocycles. The predicted molar refractivity (Wildman–Crippen MR) is 86.0 cm³/mol. The minimum absolute atomic E-state index is 0.0581. The first-order chi connectivity index (χ1) is 11.6. The lowest BCUT2D eigenvalue weighted by molar-refractivity contribution is -0.137. The number of carbonyl (C=O) groups is 1. The zero-order chi connectivity index (χ0) is 18.8. The van der Waals surface area contributed by atoms with E-state index in [-0.39, 0.29) is 17.8 Å². The maximum absolute atomic E-state index is 12.9. The molecule has 5 nitrogen and oxygen atoms in total. The fraction of sp³-hybridized carbons (Fsp3) is 0.353. The molecule has 134 valence electrons. The number of benzene rings is 1. The minimum atomic E-state index is -4.45. The topological polar surface area (TPSA) is 55.2 Å². The Labute approximate surface area is 142 Å². The molecule has 1 aromatic carbocycles. The molecule has 0 N–H and O–H groups in total. The van der Waals surface area contributed by atoms with Crippen molar-refractivity contribution >= 4 is 5.91 Å². The van der Waals surface area contributed by atoms with Gasteiger partial charge in [0, 0.05) is 19.7 Å². The highest BCUT2D eigenvalue weighted by Gasteiger charge is 2.31. The maximum atomic E-state index is 12.9. The summed E-state index contributed by atoms with van der Waals surface area (Å²) in [6.07, 6.45) is -4.45. The summed E-state index contributed by atoms with van der Waals surface area (Å²) in [4.78, 5) is 25.5. The molecule has 1 heterocycles. The van der Waals surface area contributed by atoms with Gasteiger partial charge in [0.25, 0.3) is 11.5 Å². The van der Waals surface area contributed by atoms with Crippen LogP contribution in [0.1, 0.15) is 41.5 Å². The smallest absolute Gasteiger partial charge is 0.331 e. The number of hydrogen-bond donors (Lipinski definition) is 0. The van der Waals surface area contributed by atoms with Crippen LogP contribution in [0.25, 0.3) is 0 Å². The molecule has 2 aromatic rings. The van der Waals surface area contributed by atoms with E-state index in [4.69, 9.17) is 0 Å². The summed E-state index contributed by atoms with van der Waals surface area (Å²) in [5, 5.41) is 3.91. The van der Waals surface area contributed by atoms with Gasteiger partial charge >= 0.3 is 6.18 Å². The van der Waals surface area contributed by atoms with Crippen LogP contribution in [0.5, 0.6) is 0 Å². The van der Waals surface area contributed by atoms with Gasteiger partial charge in [0.15, 0.2) is 0 Å². The average molecular weight is 353 g/mol. The molecule has 1 unspecified atom stereocenters. The van der Waals surface area contributed by atoms with E-state index in [1.165, 1.54) is 30.1 Å². The van der Waals surface area contributed by atoms with E-state index < -0.39 is 23.7 Å². The van der Waals surface area contributed by atoms with Gasteiger partial charge in [0.05, 0.1) is 11.6 Å². The number of rotatable bonds is 4. The molecular formula is C17H18F3N3O2. The molecule has 0 bridgehead atoms. The molecule has 0 aliphatic carbocycles. The third kappa shape index (κ3) is 4.07. The van der Waals surface area contributed by atoms with Crippen molar-refractivity contribution in [1.29, 1.82) is 0 Å². The van der Waals surface area contributed by atoms with E-state index >= 15 is 0 Å². The lowest BCUT2D eigenvalue weighted by Crippen LogP contribution is -2.35. The SMILES string of the molecule is CCN(C(=O)c1ccc(=O)n(C)n1)C(C)c1cccc(C(F)(F)F)c1. The van der Waals surface area contributed by atoms with Crippen molar-refractivity contribution < 1.29 is 18.0 Å². The van der Waals surface area contributed by atoms with Crippen molar-refractivity contribution in [3.8, 4) is 0 Å². The lowest BCUT2D eigenvalue weighted by atomic mass is 10.0. The van der Waals surface area contributed by atoms with Gasteiger partial charge in [0.2, 0.25) is 0 Å². The summed E-state index contributed by atoms with van der Waals surface area (Å²) in [5.74, 6) is -0.456. The molecule has 1 atom stereocenters. The first kappa shape index (κ1) is 18.7. The fourth-order valence-corrected chi connectivity index (χ4v) is 2.51. The first-order valence-electron chi connectivity index (χ1n) is 7.67. The summed E-state index contributed by atoms with van der Waals surface area (Å²) in [6.45, 7) is 3.66. The van der Waals surface area contributed by atoms with Gasteiger partial charge in [-0.05, 0) is 37.6 Å². The van der Waals surface area contributed by atoms with Crippen molar-refractivity contribution in [2.45, 2.75) is 26.1 Å². The second-order valence-electron chi connectivity index (χ2n) is 5.57. The van der Waals surface area contributed by atoms with Gasteiger partial charge < -0.3 is 4.90 Å². The number of nitrogens with zero attached hydrogens (tertiary/aromatic N) is 3. The van der Waals surface area contributed by atoms with E-state index in [0.717, 1.165) is 16.8 Å². The Morgan fingerprint density at radius 2 is 1.96 bits per heavy atom. The normalized spacial score (nSPS) is 12.7. The van der Waals surface area contributed by atoms with E-state index in [1.807, 2.05) is 0 Å². The van der Waals surface area contributed by atoms with Crippen molar-refractivity contribution in [2.75, 3.05) is 6.54 Å². The summed E-state index contributed by atoms with van der Waals surface area (Å²) < 4.78 is 39.7. The molecule has 0 spiro atoms. The zero-order valence-electron chi connectivity index (χ0n) is 14.0. The van der Waals surface area contributed by atoms with Crippen LogP contribution in [-0.2, 0) is 13.2 Å². The zero-order valence-corrected chi connectivity index (χ0v) is 14.0. The Kier molecular flexibility index (Phi) is 5.30. The van der Waals surface area contributed by atoms with Crippen molar-refractivity contribution in [3.05, 3.63) is 63.6 Å². The highest BCUT2D eigenvalue weighted by atomic mass is 19.4. The number of amides is 1. The van der Waals surface area contributed by atoms with Crippen molar-refractivity contribution in [2.24, 2.45) is 7.05 Å². The Morgan fingerprint density at radius 3 is 2.52 bits per heavy atom. The summed E-state index contributed by atoms with van der Waals surface area (Å²) in [6, 6.07) is 6.84. The highest BCUT2D eigenvalue weighted by Crippen LogP contribution is 2.32. The van der Waals surface area contributed by atoms with Crippen LogP contribution in [0.4, 0.5) is 13.2 Å². The molecule has 0 radical (unpaired) electrons. The number of hydrogen-bond acceptors (Lipinski definition) is 3. The molecule has 25 heavy (non-hydrogen) atoms. The monoisotopic (exact) mass is 353 g/mol. The van der Waals surface area contributed by atoms with Gasteiger partial charge in [-0.2, -0.15) is 18.3 Å². The van der Waals surface area contributed by atoms with E-state index in [1.54, 1.807) is 19.9 Å². The van der Waals surface area contributed by atoms with Crippen LogP contribution in [0.15, 0.2) is 41.2 Å². The lowest BCUT2D eigenvalue weighted by Gasteiger charge is -2.28. The molecule has 0 aliphatic heterocycles. The van der Waals surface area contributed by atoms with Crippen molar-refractivity contribution in [1.82, 2.24) is 14.7 Å². The van der Waals surface area contributed by atoms with E-state index in [9.17, 15) is 22.8 Å². The minimum Gasteiger partial charge on any atom is -0.331 e. The molecular weight excluding hydrogens is 335 g/mol. The van der Waals surface area contributed by atoms with Crippen LogP contribution < -0.4 is 5.56 Å². The van der Waals surface area contributed by atoms with Gasteiger partial charge in [-0.25, -0.2) is 4.68 Å². The second-order valence-corrected chi connectivity index (χ2v) is 5.57. The van der Waals surface area contributed by atoms with Gasteiger partial charge in [-0.15, -0.1) is 0 Å². The number of halogens is 3. The third-order valence-corrected chi connectivity index (χ3v) is 3.94. The summed E-state index contributed by atoms with van der Waals surface area (Å²) >= 11 is 0. The van der Waals surface area contributed by atoms with Crippen LogP contribution >= 0.6 is 0 Å². The predicted octanol–water partition coefficient (Wildman–Crippen LogP) is 3.02. The van der Waals surface area contributed by atoms with Crippen LogP contribution in [0.3, 0.4) is 0 Å². The van der Waals surface area contributed by atoms with Gasteiger partial charge in [-0.3, -0.25) is 9.59 Å². The Hall–Kier alpha value is -2.64. The Bertz CT molecular complexity index is 830. The summed E-state index contributed by atoms with van der Waals surface area (Å²) in [7, 11) is 1.42. The van der Waals surface area contributed by atoms with Gasteiger partial charge in [-0.1, -0.05) is 12.1 Å². The largest absolute Gasteiger partial charge is 0.416 e. The van der Waals surface area contributed by atoms with Crippen LogP contribution in [0.2, 0.25) is 0 Å². The van der Waals surface area contributed by atoms with E-state index in [2.05, 4.69) is 5.10 Å². The van der Waals surface area contributed by atoms with E-state index in [0.29, 0.717) is 5.56 Å². The quantitative estimate of drug-likeness (QED) is 0.849. The highest BCUT2D eigenvalue weighted by molar-refractivity contribution is 5.92. The fourth-order valence-electron chi connectivity index (χ4n) is 2.51. The molecule has 1 aromatic heterocycles. The van der Waals surface area contributed by atoms with Crippen LogP contribution in [-0.4, -0.2) is 27.1 Å². The Morgan fingerprint density at radius 1 is 1.28 bits per heavy atom. The maximum Gasteiger partial charge on any atom is 0.416 e. The molecule has 0 saturated carbocycles. The number of carbonyl (C=O) groups excluding carboxylic acids is 1. The number of alkyl halides is 3. The van der Waals surface area contributed by atoms with Gasteiger partial charge in [0.1, 0.15) is 5.69 Å². The second kappa shape index (κ2) is 7.08. The summed E-state index contributed by atoms with van der Waals surface area (Å²) in [5.41, 5.74) is -0.691. The van der Waals surface area contributed by atoms with Crippen LogP contribution in [0, 0.1) is 0 Å². The molecule has 0 aliphatic rings. The molecule has 8 heteroatoms. The first-order valence-corrected chi connectivity index (χ1v) is 7.67. The standard InChI is InChI=1S/C17H18F3N3O2/c1-4-23(16(25)14-8-9-15(24)22(3)21-14)11(2)12-6-5-7-13(10-12)17(18,19)20/h5-11H,4H2,1-3H3. The van der Waals surface area contributed by atoms with Crippen molar-refractivity contribution in [3.63, 3.8) is 0 Å².